The molecule has 0 aliphatic rings. The van der Waals surface area contributed by atoms with Crippen LogP contribution >= 0.6 is 0 Å². The molecular formula is C15H16N2O. The van der Waals surface area contributed by atoms with Crippen LogP contribution in [0.4, 0.5) is 11.4 Å². The fourth-order valence-corrected chi connectivity index (χ4v) is 1.63. The van der Waals surface area contributed by atoms with Gasteiger partial charge in [0, 0.05) is 11.9 Å². The van der Waals surface area contributed by atoms with E-state index in [1.807, 2.05) is 56.3 Å². The van der Waals surface area contributed by atoms with E-state index in [2.05, 4.69) is 10.3 Å². The van der Waals surface area contributed by atoms with Gasteiger partial charge in [0.05, 0.1) is 0 Å². The van der Waals surface area contributed by atoms with E-state index >= 15 is 0 Å². The van der Waals surface area contributed by atoms with Crippen molar-refractivity contribution in [2.75, 3.05) is 5.32 Å². The van der Waals surface area contributed by atoms with Gasteiger partial charge in [0.15, 0.2) is 5.58 Å². The Morgan fingerprint density at radius 3 is 2.56 bits per heavy atom. The Hall–Kier alpha value is -2.29. The first-order valence-electron chi connectivity index (χ1n) is 6.08. The molecule has 1 aromatic carbocycles. The van der Waals surface area contributed by atoms with Crippen LogP contribution < -0.4 is 5.32 Å². The van der Waals surface area contributed by atoms with E-state index in [0.29, 0.717) is 0 Å². The SMILES string of the molecule is CC.c1ccc(Nc2coc3cccnc23)cc1. The molecule has 2 heterocycles. The first-order valence-corrected chi connectivity index (χ1v) is 6.08. The molecule has 0 saturated heterocycles. The highest BCUT2D eigenvalue weighted by molar-refractivity contribution is 5.88. The number of nitrogens with zero attached hydrogens (tertiary/aromatic N) is 1. The maximum atomic E-state index is 5.40. The summed E-state index contributed by atoms with van der Waals surface area (Å²) in [4.78, 5) is 4.28. The molecule has 1 N–H and O–H groups in total. The molecule has 0 unspecified atom stereocenters. The molecular weight excluding hydrogens is 224 g/mol. The lowest BCUT2D eigenvalue weighted by molar-refractivity contribution is 0.616. The third kappa shape index (κ3) is 2.51. The third-order valence-electron chi connectivity index (χ3n) is 2.38. The molecule has 0 atom stereocenters. The summed E-state index contributed by atoms with van der Waals surface area (Å²) in [5.41, 5.74) is 3.56. The number of fused-ring (bicyclic) bond motifs is 1. The molecule has 0 amide bonds. The minimum absolute atomic E-state index is 0.793. The Morgan fingerprint density at radius 1 is 1.00 bits per heavy atom. The molecule has 18 heavy (non-hydrogen) atoms. The van der Waals surface area contributed by atoms with E-state index in [1.165, 1.54) is 0 Å². The maximum Gasteiger partial charge on any atom is 0.154 e. The molecule has 3 heteroatoms. The van der Waals surface area contributed by atoms with Crippen molar-refractivity contribution in [3.8, 4) is 0 Å². The van der Waals surface area contributed by atoms with E-state index < -0.39 is 0 Å². The van der Waals surface area contributed by atoms with Gasteiger partial charge in [-0.25, -0.2) is 0 Å². The predicted molar refractivity (Wildman–Crippen MR) is 75.1 cm³/mol. The van der Waals surface area contributed by atoms with E-state index in [1.54, 1.807) is 12.5 Å². The standard InChI is InChI=1S/C13H10N2O.C2H6/c1-2-5-10(6-3-1)15-11-9-16-12-7-4-8-14-13(11)12;1-2/h1-9,15H;1-2H3. The molecule has 3 rings (SSSR count). The fourth-order valence-electron chi connectivity index (χ4n) is 1.63. The van der Waals surface area contributed by atoms with Crippen molar-refractivity contribution in [3.05, 3.63) is 54.9 Å². The van der Waals surface area contributed by atoms with E-state index in [9.17, 15) is 0 Å². The van der Waals surface area contributed by atoms with Gasteiger partial charge in [-0.2, -0.15) is 0 Å². The van der Waals surface area contributed by atoms with Crippen molar-refractivity contribution < 1.29 is 4.42 Å². The highest BCUT2D eigenvalue weighted by atomic mass is 16.3. The molecule has 0 radical (unpaired) electrons. The van der Waals surface area contributed by atoms with Crippen molar-refractivity contribution >= 4 is 22.5 Å². The van der Waals surface area contributed by atoms with Crippen LogP contribution in [0.5, 0.6) is 0 Å². The largest absolute Gasteiger partial charge is 0.460 e. The van der Waals surface area contributed by atoms with E-state index in [0.717, 1.165) is 22.5 Å². The summed E-state index contributed by atoms with van der Waals surface area (Å²) in [6, 6.07) is 13.7. The minimum atomic E-state index is 0.793. The highest BCUT2D eigenvalue weighted by Crippen LogP contribution is 2.26. The molecule has 3 aromatic rings. The Morgan fingerprint density at radius 2 is 1.78 bits per heavy atom. The number of rotatable bonds is 2. The zero-order valence-corrected chi connectivity index (χ0v) is 10.6. The number of pyridine rings is 1. The summed E-state index contributed by atoms with van der Waals surface area (Å²) in [5, 5.41) is 3.27. The summed E-state index contributed by atoms with van der Waals surface area (Å²) in [6.45, 7) is 4.00. The molecule has 0 fully saturated rings. The van der Waals surface area contributed by atoms with Crippen molar-refractivity contribution in [2.24, 2.45) is 0 Å². The number of hydrogen-bond acceptors (Lipinski definition) is 3. The van der Waals surface area contributed by atoms with E-state index in [-0.39, 0.29) is 0 Å². The number of hydrogen-bond donors (Lipinski definition) is 1. The number of aromatic nitrogens is 1. The first kappa shape index (κ1) is 12.2. The monoisotopic (exact) mass is 240 g/mol. The Balaban J connectivity index is 0.000000574. The van der Waals surface area contributed by atoms with E-state index in [4.69, 9.17) is 4.42 Å². The van der Waals surface area contributed by atoms with Gasteiger partial charge in [-0.1, -0.05) is 32.0 Å². The highest BCUT2D eigenvalue weighted by Gasteiger charge is 2.05. The van der Waals surface area contributed by atoms with Gasteiger partial charge in [0.1, 0.15) is 17.5 Å². The van der Waals surface area contributed by atoms with Gasteiger partial charge in [-0.05, 0) is 24.3 Å². The molecule has 0 aliphatic carbocycles. The molecule has 3 nitrogen and oxygen atoms in total. The van der Waals surface area contributed by atoms with Crippen molar-refractivity contribution in [1.29, 1.82) is 0 Å². The summed E-state index contributed by atoms with van der Waals surface area (Å²) in [5.74, 6) is 0. The molecule has 0 spiro atoms. The summed E-state index contributed by atoms with van der Waals surface area (Å²) in [7, 11) is 0. The van der Waals surface area contributed by atoms with Crippen LogP contribution in [0, 0.1) is 0 Å². The Bertz CT molecular complexity index is 602. The third-order valence-corrected chi connectivity index (χ3v) is 2.38. The molecule has 0 saturated carbocycles. The second-order valence-electron chi connectivity index (χ2n) is 3.49. The van der Waals surface area contributed by atoms with Gasteiger partial charge in [0.25, 0.3) is 0 Å². The average molecular weight is 240 g/mol. The topological polar surface area (TPSA) is 38.1 Å². The lowest BCUT2D eigenvalue weighted by atomic mass is 10.3. The zero-order valence-electron chi connectivity index (χ0n) is 10.6. The van der Waals surface area contributed by atoms with Crippen LogP contribution in [0.25, 0.3) is 11.1 Å². The van der Waals surface area contributed by atoms with Gasteiger partial charge in [-0.3, -0.25) is 4.98 Å². The Labute approximate surface area is 106 Å². The van der Waals surface area contributed by atoms with Gasteiger partial charge in [-0.15, -0.1) is 0 Å². The second kappa shape index (κ2) is 5.87. The fraction of sp³-hybridized carbons (Fsp3) is 0.133. The van der Waals surface area contributed by atoms with Crippen molar-refractivity contribution in [3.63, 3.8) is 0 Å². The number of furan rings is 1. The molecule has 2 aromatic heterocycles. The quantitative estimate of drug-likeness (QED) is 0.711. The molecule has 92 valence electrons. The first-order chi connectivity index (χ1) is 8.93. The Kier molecular flexibility index (Phi) is 3.97. The van der Waals surface area contributed by atoms with Crippen molar-refractivity contribution in [2.45, 2.75) is 13.8 Å². The number of anilines is 2. The second-order valence-corrected chi connectivity index (χ2v) is 3.49. The summed E-state index contributed by atoms with van der Waals surface area (Å²) < 4.78 is 5.40. The van der Waals surface area contributed by atoms with Crippen LogP contribution in [-0.2, 0) is 0 Å². The normalized spacial score (nSPS) is 9.67. The van der Waals surface area contributed by atoms with Crippen LogP contribution in [0.1, 0.15) is 13.8 Å². The smallest absolute Gasteiger partial charge is 0.154 e. The van der Waals surface area contributed by atoms with Crippen LogP contribution in [-0.4, -0.2) is 4.98 Å². The number of nitrogens with one attached hydrogen (secondary N) is 1. The van der Waals surface area contributed by atoms with Crippen molar-refractivity contribution in [1.82, 2.24) is 4.98 Å². The molecule has 0 bridgehead atoms. The number of para-hydroxylation sites is 1. The zero-order chi connectivity index (χ0) is 12.8. The van der Waals surface area contributed by atoms with Gasteiger partial charge >= 0.3 is 0 Å². The predicted octanol–water partition coefficient (Wildman–Crippen LogP) is 4.60. The van der Waals surface area contributed by atoms with Gasteiger partial charge in [0.2, 0.25) is 0 Å². The maximum absolute atomic E-state index is 5.40. The summed E-state index contributed by atoms with van der Waals surface area (Å²) >= 11 is 0. The van der Waals surface area contributed by atoms with Gasteiger partial charge < -0.3 is 9.73 Å². The number of benzene rings is 1. The minimum Gasteiger partial charge on any atom is -0.460 e. The lowest BCUT2D eigenvalue weighted by Gasteiger charge is -2.02. The lowest BCUT2D eigenvalue weighted by Crippen LogP contribution is -1.88. The van der Waals surface area contributed by atoms with Crippen LogP contribution in [0.15, 0.2) is 59.3 Å². The summed E-state index contributed by atoms with van der Waals surface area (Å²) in [6.07, 6.45) is 3.44. The van der Waals surface area contributed by atoms with Crippen LogP contribution in [0.2, 0.25) is 0 Å². The average Bonchev–Trinajstić information content (AvgIpc) is 2.86. The van der Waals surface area contributed by atoms with Crippen LogP contribution in [0.3, 0.4) is 0 Å². The molecule has 0 aliphatic heterocycles.